The third-order valence-electron chi connectivity index (χ3n) is 4.88. The van der Waals surface area contributed by atoms with E-state index in [-0.39, 0.29) is 5.91 Å². The van der Waals surface area contributed by atoms with E-state index in [1.807, 2.05) is 51.9 Å². The lowest BCUT2D eigenvalue weighted by Crippen LogP contribution is -2.54. The molecule has 25 heavy (non-hydrogen) atoms. The van der Waals surface area contributed by atoms with Crippen LogP contribution in [0.25, 0.3) is 5.65 Å². The summed E-state index contributed by atoms with van der Waals surface area (Å²) in [5.74, 6) is 0.0430. The van der Waals surface area contributed by atoms with Crippen LogP contribution in [0.4, 0.5) is 0 Å². The normalized spacial score (nSPS) is 16.8. The van der Waals surface area contributed by atoms with Gasteiger partial charge < -0.3 is 15.0 Å². The van der Waals surface area contributed by atoms with Gasteiger partial charge in [-0.1, -0.05) is 6.07 Å². The molecule has 1 aliphatic heterocycles. The lowest BCUT2D eigenvalue weighted by molar-refractivity contribution is -0.131. The van der Waals surface area contributed by atoms with Crippen LogP contribution in [-0.4, -0.2) is 44.7 Å². The number of fused-ring (bicyclic) bond motifs is 1. The second kappa shape index (κ2) is 6.68. The van der Waals surface area contributed by atoms with Crippen LogP contribution >= 0.6 is 0 Å². The summed E-state index contributed by atoms with van der Waals surface area (Å²) in [6.45, 7) is 2.21. The number of amides is 1. The number of nitrogens with one attached hydrogen (secondary N) is 2. The summed E-state index contributed by atoms with van der Waals surface area (Å²) in [5, 5.41) is 10.8. The Morgan fingerprint density at radius 3 is 2.88 bits per heavy atom. The number of rotatable bonds is 5. The van der Waals surface area contributed by atoms with E-state index in [4.69, 9.17) is 0 Å². The monoisotopic (exact) mass is 338 g/mol. The Labute approximate surface area is 146 Å². The summed E-state index contributed by atoms with van der Waals surface area (Å²) in [5.41, 5.74) is 1.31. The fourth-order valence-corrected chi connectivity index (χ4v) is 3.50. The minimum Gasteiger partial charge on any atom is -0.354 e. The average Bonchev–Trinajstić information content (AvgIpc) is 3.32. The maximum atomic E-state index is 13.0. The van der Waals surface area contributed by atoms with E-state index in [0.717, 1.165) is 37.3 Å². The summed E-state index contributed by atoms with van der Waals surface area (Å²) < 4.78 is 3.81. The van der Waals surface area contributed by atoms with E-state index in [9.17, 15) is 4.79 Å². The van der Waals surface area contributed by atoms with Gasteiger partial charge >= 0.3 is 0 Å². The maximum absolute atomic E-state index is 13.0. The van der Waals surface area contributed by atoms with Crippen molar-refractivity contribution in [1.82, 2.24) is 29.8 Å². The van der Waals surface area contributed by atoms with Crippen molar-refractivity contribution >= 4 is 11.6 Å². The molecule has 7 heteroatoms. The Morgan fingerprint density at radius 2 is 2.12 bits per heavy atom. The van der Waals surface area contributed by atoms with Gasteiger partial charge in [-0.15, -0.1) is 0 Å². The standard InChI is InChI=1S/C18H22N6O/c25-17(18(6-10-19-11-7-18)24-13-3-8-21-24)20-9-5-15-14-23-12-2-1-4-16(23)22-15/h1-4,8,12-14,19H,5-7,9-11H2,(H,20,25). The number of hydrogen-bond donors (Lipinski definition) is 2. The number of imidazole rings is 1. The summed E-state index contributed by atoms with van der Waals surface area (Å²) in [7, 11) is 0. The van der Waals surface area contributed by atoms with Gasteiger partial charge in [-0.25, -0.2) is 4.98 Å². The Hall–Kier alpha value is -2.67. The highest BCUT2D eigenvalue weighted by molar-refractivity contribution is 5.84. The Balaban J connectivity index is 1.43. The molecule has 1 aliphatic rings. The molecule has 0 aromatic carbocycles. The summed E-state index contributed by atoms with van der Waals surface area (Å²) in [6.07, 6.45) is 9.80. The summed E-state index contributed by atoms with van der Waals surface area (Å²) in [6, 6.07) is 7.79. The zero-order valence-corrected chi connectivity index (χ0v) is 14.1. The molecule has 3 aromatic rings. The average molecular weight is 338 g/mol. The van der Waals surface area contributed by atoms with Crippen LogP contribution in [0.3, 0.4) is 0 Å². The third-order valence-corrected chi connectivity index (χ3v) is 4.88. The van der Waals surface area contributed by atoms with Gasteiger partial charge in [0.2, 0.25) is 5.91 Å². The SMILES string of the molecule is O=C(NCCc1cn2ccccc2n1)C1(n2cccn2)CCNCC1. The van der Waals surface area contributed by atoms with Crippen molar-refractivity contribution in [2.75, 3.05) is 19.6 Å². The number of pyridine rings is 1. The molecule has 0 radical (unpaired) electrons. The largest absolute Gasteiger partial charge is 0.354 e. The number of carbonyl (C=O) groups is 1. The first-order valence-corrected chi connectivity index (χ1v) is 8.70. The molecule has 0 saturated carbocycles. The van der Waals surface area contributed by atoms with Crippen LogP contribution < -0.4 is 10.6 Å². The smallest absolute Gasteiger partial charge is 0.248 e. The van der Waals surface area contributed by atoms with E-state index < -0.39 is 5.54 Å². The topological polar surface area (TPSA) is 76.2 Å². The molecule has 130 valence electrons. The molecular weight excluding hydrogens is 316 g/mol. The van der Waals surface area contributed by atoms with Gasteiger partial charge in [0, 0.05) is 37.8 Å². The molecule has 4 heterocycles. The quantitative estimate of drug-likeness (QED) is 0.727. The van der Waals surface area contributed by atoms with E-state index in [2.05, 4.69) is 20.7 Å². The zero-order valence-electron chi connectivity index (χ0n) is 14.1. The first kappa shape index (κ1) is 15.8. The van der Waals surface area contributed by atoms with Crippen LogP contribution in [0.15, 0.2) is 49.1 Å². The Morgan fingerprint density at radius 1 is 1.24 bits per heavy atom. The molecule has 0 atom stereocenters. The molecule has 4 rings (SSSR count). The molecule has 0 aliphatic carbocycles. The highest BCUT2D eigenvalue weighted by Crippen LogP contribution is 2.27. The number of nitrogens with zero attached hydrogens (tertiary/aromatic N) is 4. The lowest BCUT2D eigenvalue weighted by atomic mass is 9.87. The van der Waals surface area contributed by atoms with Gasteiger partial charge in [-0.2, -0.15) is 5.10 Å². The van der Waals surface area contributed by atoms with Crippen LogP contribution in [-0.2, 0) is 16.8 Å². The molecule has 1 saturated heterocycles. The van der Waals surface area contributed by atoms with Crippen LogP contribution in [0, 0.1) is 0 Å². The van der Waals surface area contributed by atoms with Gasteiger partial charge in [0.25, 0.3) is 0 Å². The zero-order chi connectivity index (χ0) is 17.1. The van der Waals surface area contributed by atoms with E-state index in [1.54, 1.807) is 6.20 Å². The molecular formula is C18H22N6O. The molecule has 0 bridgehead atoms. The van der Waals surface area contributed by atoms with Crippen LogP contribution in [0.1, 0.15) is 18.5 Å². The first-order valence-electron chi connectivity index (χ1n) is 8.70. The summed E-state index contributed by atoms with van der Waals surface area (Å²) >= 11 is 0. The van der Waals surface area contributed by atoms with E-state index in [1.165, 1.54) is 0 Å². The molecule has 1 fully saturated rings. The molecule has 7 nitrogen and oxygen atoms in total. The molecule has 1 amide bonds. The van der Waals surface area contributed by atoms with Crippen molar-refractivity contribution < 1.29 is 4.79 Å². The van der Waals surface area contributed by atoms with Gasteiger partial charge in [0.05, 0.1) is 5.69 Å². The van der Waals surface area contributed by atoms with E-state index in [0.29, 0.717) is 13.0 Å². The number of aromatic nitrogens is 4. The van der Waals surface area contributed by atoms with E-state index >= 15 is 0 Å². The number of hydrogen-bond acceptors (Lipinski definition) is 4. The van der Waals surface area contributed by atoms with Crippen LogP contribution in [0.5, 0.6) is 0 Å². The predicted molar refractivity (Wildman–Crippen MR) is 94.2 cm³/mol. The van der Waals surface area contributed by atoms with Crippen molar-refractivity contribution in [3.05, 3.63) is 54.7 Å². The minimum absolute atomic E-state index is 0.0430. The number of carbonyl (C=O) groups excluding carboxylic acids is 1. The Bertz CT molecular complexity index is 814. The fourth-order valence-electron chi connectivity index (χ4n) is 3.50. The predicted octanol–water partition coefficient (Wildman–Crippen LogP) is 0.968. The van der Waals surface area contributed by atoms with Crippen LogP contribution in [0.2, 0.25) is 0 Å². The van der Waals surface area contributed by atoms with Crippen molar-refractivity contribution in [3.8, 4) is 0 Å². The first-order chi connectivity index (χ1) is 12.3. The third kappa shape index (κ3) is 3.02. The molecule has 2 N–H and O–H groups in total. The Kier molecular flexibility index (Phi) is 4.23. The van der Waals surface area contributed by atoms with Gasteiger partial charge in [0.1, 0.15) is 11.2 Å². The van der Waals surface area contributed by atoms with Crippen molar-refractivity contribution in [2.24, 2.45) is 0 Å². The highest BCUT2D eigenvalue weighted by atomic mass is 16.2. The minimum atomic E-state index is -0.590. The second-order valence-corrected chi connectivity index (χ2v) is 6.44. The number of piperidine rings is 1. The highest BCUT2D eigenvalue weighted by Gasteiger charge is 2.41. The summed E-state index contributed by atoms with van der Waals surface area (Å²) in [4.78, 5) is 17.5. The second-order valence-electron chi connectivity index (χ2n) is 6.44. The van der Waals surface area contributed by atoms with Gasteiger partial charge in [0.15, 0.2) is 0 Å². The fraction of sp³-hybridized carbons (Fsp3) is 0.389. The maximum Gasteiger partial charge on any atom is 0.248 e. The van der Waals surface area contributed by atoms with Crippen molar-refractivity contribution in [1.29, 1.82) is 0 Å². The van der Waals surface area contributed by atoms with Gasteiger partial charge in [-0.3, -0.25) is 9.48 Å². The molecule has 0 unspecified atom stereocenters. The molecule has 3 aromatic heterocycles. The van der Waals surface area contributed by atoms with Crippen molar-refractivity contribution in [2.45, 2.75) is 24.8 Å². The lowest BCUT2D eigenvalue weighted by Gasteiger charge is -2.36. The molecule has 0 spiro atoms. The van der Waals surface area contributed by atoms with Gasteiger partial charge in [-0.05, 0) is 44.1 Å². The van der Waals surface area contributed by atoms with Crippen molar-refractivity contribution in [3.63, 3.8) is 0 Å².